The average Bonchev–Trinajstić information content (AvgIpc) is 2.28. The van der Waals surface area contributed by atoms with E-state index in [1.54, 1.807) is 32.0 Å². The Bertz CT molecular complexity index is 522. The number of nitrogens with two attached hydrogens (primary N) is 1. The summed E-state index contributed by atoms with van der Waals surface area (Å²) in [6.07, 6.45) is 2.33. The van der Waals surface area contributed by atoms with E-state index < -0.39 is 15.1 Å². The summed E-state index contributed by atoms with van der Waals surface area (Å²) < 4.78 is 24.1. The highest BCUT2D eigenvalue weighted by Gasteiger charge is 2.18. The van der Waals surface area contributed by atoms with E-state index in [-0.39, 0.29) is 0 Å². The van der Waals surface area contributed by atoms with Crippen molar-refractivity contribution in [2.24, 2.45) is 5.73 Å². The number of thiocarbonyl (C=S) groups is 1. The topological polar surface area (TPSA) is 60.2 Å². The molecule has 0 spiro atoms. The van der Waals surface area contributed by atoms with Crippen LogP contribution in [-0.2, 0) is 16.3 Å². The molecular formula is C13H19NO2S2. The van der Waals surface area contributed by atoms with Gasteiger partial charge in [-0.25, -0.2) is 8.42 Å². The van der Waals surface area contributed by atoms with Crippen LogP contribution in [0.15, 0.2) is 29.2 Å². The van der Waals surface area contributed by atoms with Crippen molar-refractivity contribution in [3.05, 3.63) is 29.8 Å². The molecule has 1 aromatic rings. The Morgan fingerprint density at radius 2 is 2.06 bits per heavy atom. The van der Waals surface area contributed by atoms with Gasteiger partial charge in [-0.15, -0.1) is 0 Å². The smallest absolute Gasteiger partial charge is 0.180 e. The molecule has 0 aliphatic heterocycles. The predicted octanol–water partition coefficient (Wildman–Crippen LogP) is 2.48. The fourth-order valence-corrected chi connectivity index (χ4v) is 2.89. The number of sulfone groups is 1. The maximum Gasteiger partial charge on any atom is 0.180 e. The van der Waals surface area contributed by atoms with Gasteiger partial charge in [0.05, 0.1) is 15.1 Å². The Morgan fingerprint density at radius 3 is 2.61 bits per heavy atom. The van der Waals surface area contributed by atoms with Gasteiger partial charge in [0.15, 0.2) is 9.84 Å². The van der Waals surface area contributed by atoms with Gasteiger partial charge >= 0.3 is 0 Å². The lowest BCUT2D eigenvalue weighted by atomic mass is 10.1. The van der Waals surface area contributed by atoms with Crippen LogP contribution in [0, 0.1) is 0 Å². The molecule has 0 radical (unpaired) electrons. The van der Waals surface area contributed by atoms with Crippen LogP contribution < -0.4 is 5.73 Å². The van der Waals surface area contributed by atoms with Crippen LogP contribution in [0.5, 0.6) is 0 Å². The van der Waals surface area contributed by atoms with Gasteiger partial charge in [0, 0.05) is 0 Å². The van der Waals surface area contributed by atoms with Crippen LogP contribution in [0.1, 0.15) is 32.3 Å². The first-order valence-corrected chi connectivity index (χ1v) is 7.90. The van der Waals surface area contributed by atoms with E-state index in [0.717, 1.165) is 18.4 Å². The van der Waals surface area contributed by atoms with Gasteiger partial charge in [-0.1, -0.05) is 24.4 Å². The molecule has 18 heavy (non-hydrogen) atoms. The normalized spacial score (nSPS) is 11.7. The standard InChI is InChI=1S/C13H19NO2S2/c1-10(2)18(15,16)12-7-3-5-11(9-12)6-4-8-13(14)17/h3,5,7,9-10H,4,6,8H2,1-2H3,(H2,14,17). The van der Waals surface area contributed by atoms with Crippen molar-refractivity contribution in [2.45, 2.75) is 43.3 Å². The Morgan fingerprint density at radius 1 is 1.39 bits per heavy atom. The number of rotatable bonds is 6. The first-order valence-electron chi connectivity index (χ1n) is 5.95. The molecule has 0 saturated carbocycles. The molecule has 0 atom stereocenters. The molecule has 0 aliphatic carbocycles. The third-order valence-electron chi connectivity index (χ3n) is 2.74. The van der Waals surface area contributed by atoms with Crippen molar-refractivity contribution in [2.75, 3.05) is 0 Å². The minimum absolute atomic E-state index is 0.394. The van der Waals surface area contributed by atoms with Gasteiger partial charge in [-0.2, -0.15) is 0 Å². The van der Waals surface area contributed by atoms with E-state index in [1.165, 1.54) is 0 Å². The number of hydrogen-bond donors (Lipinski definition) is 1. The second-order valence-electron chi connectivity index (χ2n) is 4.56. The highest BCUT2D eigenvalue weighted by atomic mass is 32.2. The lowest BCUT2D eigenvalue weighted by molar-refractivity contribution is 0.587. The highest BCUT2D eigenvalue weighted by Crippen LogP contribution is 2.18. The number of hydrogen-bond acceptors (Lipinski definition) is 3. The van der Waals surface area contributed by atoms with Crippen molar-refractivity contribution >= 4 is 27.0 Å². The van der Waals surface area contributed by atoms with E-state index in [9.17, 15) is 8.42 Å². The summed E-state index contributed by atoms with van der Waals surface area (Å²) in [5.41, 5.74) is 6.44. The van der Waals surface area contributed by atoms with Crippen LogP contribution in [0.2, 0.25) is 0 Å². The van der Waals surface area contributed by atoms with Crippen LogP contribution in [0.4, 0.5) is 0 Å². The van der Waals surface area contributed by atoms with Gasteiger partial charge in [0.1, 0.15) is 0 Å². The fourth-order valence-electron chi connectivity index (χ4n) is 1.62. The summed E-state index contributed by atoms with van der Waals surface area (Å²) in [5, 5.41) is -0.399. The second kappa shape index (κ2) is 6.29. The van der Waals surface area contributed by atoms with Crippen LogP contribution in [0.25, 0.3) is 0 Å². The number of benzene rings is 1. The summed E-state index contributed by atoms with van der Waals surface area (Å²) >= 11 is 4.81. The summed E-state index contributed by atoms with van der Waals surface area (Å²) in [7, 11) is -3.19. The van der Waals surface area contributed by atoms with Crippen molar-refractivity contribution in [3.63, 3.8) is 0 Å². The highest BCUT2D eigenvalue weighted by molar-refractivity contribution is 7.92. The Balaban J connectivity index is 2.83. The molecule has 0 aromatic heterocycles. The first-order chi connectivity index (χ1) is 8.34. The molecule has 1 rings (SSSR count). The first kappa shape index (κ1) is 15.1. The van der Waals surface area contributed by atoms with Crippen LogP contribution in [0.3, 0.4) is 0 Å². The van der Waals surface area contributed by atoms with E-state index in [4.69, 9.17) is 18.0 Å². The van der Waals surface area contributed by atoms with Gasteiger partial charge in [-0.3, -0.25) is 0 Å². The lowest BCUT2D eigenvalue weighted by Gasteiger charge is -2.09. The van der Waals surface area contributed by atoms with Crippen LogP contribution >= 0.6 is 12.2 Å². The van der Waals surface area contributed by atoms with E-state index in [1.807, 2.05) is 6.07 Å². The summed E-state index contributed by atoms with van der Waals surface area (Å²) in [6, 6.07) is 7.10. The molecule has 0 fully saturated rings. The maximum atomic E-state index is 12.0. The molecule has 0 amide bonds. The second-order valence-corrected chi connectivity index (χ2v) is 7.59. The zero-order valence-corrected chi connectivity index (χ0v) is 12.4. The Hall–Kier alpha value is -0.940. The number of aryl methyl sites for hydroxylation is 1. The van der Waals surface area contributed by atoms with Gasteiger partial charge in [-0.05, 0) is 50.8 Å². The third-order valence-corrected chi connectivity index (χ3v) is 5.09. The van der Waals surface area contributed by atoms with E-state index in [0.29, 0.717) is 16.3 Å². The zero-order chi connectivity index (χ0) is 13.8. The van der Waals surface area contributed by atoms with Crippen molar-refractivity contribution in [3.8, 4) is 0 Å². The molecule has 100 valence electrons. The SMILES string of the molecule is CC(C)S(=O)(=O)c1cccc(CCCC(N)=S)c1. The largest absolute Gasteiger partial charge is 0.393 e. The fraction of sp³-hybridized carbons (Fsp3) is 0.462. The summed E-state index contributed by atoms with van der Waals surface area (Å²) in [6.45, 7) is 3.38. The van der Waals surface area contributed by atoms with Gasteiger partial charge < -0.3 is 5.73 Å². The van der Waals surface area contributed by atoms with Gasteiger partial charge in [0.25, 0.3) is 0 Å². The van der Waals surface area contributed by atoms with Crippen molar-refractivity contribution in [1.82, 2.24) is 0 Å². The van der Waals surface area contributed by atoms with Crippen molar-refractivity contribution in [1.29, 1.82) is 0 Å². The van der Waals surface area contributed by atoms with E-state index >= 15 is 0 Å². The molecule has 0 saturated heterocycles. The minimum atomic E-state index is -3.19. The van der Waals surface area contributed by atoms with E-state index in [2.05, 4.69) is 0 Å². The third kappa shape index (κ3) is 4.07. The Kier molecular flexibility index (Phi) is 5.28. The molecule has 0 aliphatic rings. The monoisotopic (exact) mass is 285 g/mol. The predicted molar refractivity (Wildman–Crippen MR) is 78.5 cm³/mol. The zero-order valence-electron chi connectivity index (χ0n) is 10.7. The van der Waals surface area contributed by atoms with Gasteiger partial charge in [0.2, 0.25) is 0 Å². The maximum absolute atomic E-state index is 12.0. The molecular weight excluding hydrogens is 266 g/mol. The van der Waals surface area contributed by atoms with Crippen molar-refractivity contribution < 1.29 is 8.42 Å². The molecule has 2 N–H and O–H groups in total. The molecule has 3 nitrogen and oxygen atoms in total. The molecule has 0 bridgehead atoms. The molecule has 0 heterocycles. The quantitative estimate of drug-likeness (QED) is 0.816. The molecule has 5 heteroatoms. The summed E-state index contributed by atoms with van der Waals surface area (Å²) in [4.78, 5) is 0.895. The molecule has 1 aromatic carbocycles. The summed E-state index contributed by atoms with van der Waals surface area (Å²) in [5.74, 6) is 0. The average molecular weight is 285 g/mol. The lowest BCUT2D eigenvalue weighted by Crippen LogP contribution is -2.14. The minimum Gasteiger partial charge on any atom is -0.393 e. The van der Waals surface area contributed by atoms with Crippen LogP contribution in [-0.4, -0.2) is 18.7 Å². The molecule has 0 unspecified atom stereocenters. The Labute approximate surface area is 114 Å².